The second-order valence-electron chi connectivity index (χ2n) is 7.40. The van der Waals surface area contributed by atoms with E-state index in [0.29, 0.717) is 39.1 Å². The molecule has 0 saturated heterocycles. The van der Waals surface area contributed by atoms with Crippen molar-refractivity contribution < 1.29 is 23.5 Å². The molecule has 0 saturated carbocycles. The number of amides is 1. The molecule has 1 atom stereocenters. The minimum atomic E-state index is -0.675. The molecule has 33 heavy (non-hydrogen) atoms. The van der Waals surface area contributed by atoms with Crippen molar-refractivity contribution in [3.63, 3.8) is 0 Å². The van der Waals surface area contributed by atoms with Crippen molar-refractivity contribution in [3.8, 4) is 5.75 Å². The summed E-state index contributed by atoms with van der Waals surface area (Å²) in [5, 5.41) is 5.29. The highest BCUT2D eigenvalue weighted by atomic mass is 32.2. The molecule has 0 unspecified atom stereocenters. The molecule has 4 rings (SSSR count). The van der Waals surface area contributed by atoms with Gasteiger partial charge in [-0.2, -0.15) is 0 Å². The maximum absolute atomic E-state index is 14.1. The lowest BCUT2D eigenvalue weighted by Gasteiger charge is -2.36. The molecular formula is C24H22FN3O4S. The Morgan fingerprint density at radius 2 is 1.97 bits per heavy atom. The van der Waals surface area contributed by atoms with Crippen LogP contribution in [0.3, 0.4) is 0 Å². The van der Waals surface area contributed by atoms with Gasteiger partial charge in [-0.05, 0) is 42.2 Å². The molecule has 2 heterocycles. The number of esters is 1. The van der Waals surface area contributed by atoms with Crippen LogP contribution in [0.15, 0.2) is 75.9 Å². The zero-order valence-electron chi connectivity index (χ0n) is 18.3. The SMILES string of the molecule is COC(=O)C1=C(C)N=C2SC=C(CC(=O)Nc3cccc(OC)c3)N2[C@H]1c1cccc(F)c1. The molecule has 0 aliphatic carbocycles. The maximum atomic E-state index is 14.1. The van der Waals surface area contributed by atoms with Crippen LogP contribution in [0.25, 0.3) is 0 Å². The van der Waals surface area contributed by atoms with Crippen molar-refractivity contribution in [2.24, 2.45) is 4.99 Å². The normalized spacial score (nSPS) is 17.2. The molecule has 9 heteroatoms. The minimum Gasteiger partial charge on any atom is -0.497 e. The number of halogens is 1. The molecule has 1 N–H and O–H groups in total. The van der Waals surface area contributed by atoms with Gasteiger partial charge in [0.05, 0.1) is 38.0 Å². The van der Waals surface area contributed by atoms with E-state index >= 15 is 0 Å². The highest BCUT2D eigenvalue weighted by molar-refractivity contribution is 8.16. The summed E-state index contributed by atoms with van der Waals surface area (Å²) >= 11 is 1.35. The van der Waals surface area contributed by atoms with Gasteiger partial charge in [0, 0.05) is 17.5 Å². The van der Waals surface area contributed by atoms with Crippen molar-refractivity contribution in [3.05, 3.63) is 82.3 Å². The fourth-order valence-corrected chi connectivity index (χ4v) is 4.77. The fourth-order valence-electron chi connectivity index (χ4n) is 3.80. The van der Waals surface area contributed by atoms with Crippen molar-refractivity contribution >= 4 is 34.5 Å². The van der Waals surface area contributed by atoms with Gasteiger partial charge in [0.2, 0.25) is 5.91 Å². The van der Waals surface area contributed by atoms with E-state index in [0.717, 1.165) is 0 Å². The first-order chi connectivity index (χ1) is 15.9. The highest BCUT2D eigenvalue weighted by Gasteiger charge is 2.41. The topological polar surface area (TPSA) is 80.2 Å². The number of fused-ring (bicyclic) bond motifs is 1. The van der Waals surface area contributed by atoms with Crippen LogP contribution in [-0.4, -0.2) is 36.2 Å². The second kappa shape index (κ2) is 9.50. The number of hydrogen-bond donors (Lipinski definition) is 1. The Bertz CT molecular complexity index is 1210. The minimum absolute atomic E-state index is 0.0303. The lowest BCUT2D eigenvalue weighted by molar-refractivity contribution is -0.136. The van der Waals surface area contributed by atoms with E-state index in [1.807, 2.05) is 5.41 Å². The maximum Gasteiger partial charge on any atom is 0.338 e. The molecule has 170 valence electrons. The Balaban J connectivity index is 1.65. The number of aliphatic imine (C=N–C) groups is 1. The zero-order valence-corrected chi connectivity index (χ0v) is 19.1. The first kappa shape index (κ1) is 22.6. The average molecular weight is 468 g/mol. The van der Waals surface area contributed by atoms with E-state index in [4.69, 9.17) is 9.47 Å². The van der Waals surface area contributed by atoms with Gasteiger partial charge in [-0.1, -0.05) is 30.0 Å². The van der Waals surface area contributed by atoms with Crippen LogP contribution in [0.4, 0.5) is 10.1 Å². The molecule has 2 aromatic rings. The third-order valence-electron chi connectivity index (χ3n) is 5.27. The lowest BCUT2D eigenvalue weighted by Crippen LogP contribution is -2.37. The molecular weight excluding hydrogens is 445 g/mol. The quantitative estimate of drug-likeness (QED) is 0.625. The summed E-state index contributed by atoms with van der Waals surface area (Å²) in [7, 11) is 2.85. The molecule has 1 amide bonds. The van der Waals surface area contributed by atoms with Gasteiger partial charge in [-0.15, -0.1) is 0 Å². The molecule has 7 nitrogen and oxygen atoms in total. The Hall–Kier alpha value is -3.59. The number of ether oxygens (including phenoxy) is 2. The number of rotatable bonds is 6. The number of nitrogens with zero attached hydrogens (tertiary/aromatic N) is 2. The smallest absolute Gasteiger partial charge is 0.338 e. The monoisotopic (exact) mass is 467 g/mol. The third kappa shape index (κ3) is 4.63. The van der Waals surface area contributed by atoms with Gasteiger partial charge in [0.1, 0.15) is 11.6 Å². The van der Waals surface area contributed by atoms with Crippen LogP contribution in [-0.2, 0) is 14.3 Å². The number of benzene rings is 2. The number of thioether (sulfide) groups is 1. The molecule has 2 aliphatic rings. The summed E-state index contributed by atoms with van der Waals surface area (Å²) in [4.78, 5) is 31.9. The zero-order chi connectivity index (χ0) is 23.5. The van der Waals surface area contributed by atoms with Crippen LogP contribution in [0.1, 0.15) is 24.9 Å². The molecule has 0 bridgehead atoms. The van der Waals surface area contributed by atoms with Gasteiger partial charge >= 0.3 is 5.97 Å². The fraction of sp³-hybridized carbons (Fsp3) is 0.208. The summed E-state index contributed by atoms with van der Waals surface area (Å²) in [5.74, 6) is -0.600. The van der Waals surface area contributed by atoms with E-state index in [9.17, 15) is 14.0 Å². The molecule has 0 aromatic heterocycles. The third-order valence-corrected chi connectivity index (χ3v) is 6.15. The van der Waals surface area contributed by atoms with Crippen LogP contribution in [0.2, 0.25) is 0 Å². The standard InChI is InChI=1S/C24H22FN3O4S/c1-14-21(23(30)32-3)22(15-6-4-7-16(25)10-15)28-18(13-33-24(28)26-14)12-20(29)27-17-8-5-9-19(11-17)31-2/h4-11,13,22H,12H2,1-3H3,(H,27,29)/t22-/m0/s1. The number of amidine groups is 1. The molecule has 2 aromatic carbocycles. The second-order valence-corrected chi connectivity index (χ2v) is 8.23. The first-order valence-corrected chi connectivity index (χ1v) is 11.0. The lowest BCUT2D eigenvalue weighted by atomic mass is 9.94. The molecule has 0 spiro atoms. The number of carbonyl (C=O) groups excluding carboxylic acids is 2. The van der Waals surface area contributed by atoms with Gasteiger partial charge in [-0.3, -0.25) is 4.79 Å². The Kier molecular flexibility index (Phi) is 6.50. The van der Waals surface area contributed by atoms with Gasteiger partial charge in [-0.25, -0.2) is 14.2 Å². The first-order valence-electron chi connectivity index (χ1n) is 10.1. The van der Waals surface area contributed by atoms with E-state index in [1.54, 1.807) is 55.3 Å². The average Bonchev–Trinajstić information content (AvgIpc) is 3.19. The van der Waals surface area contributed by atoms with Gasteiger partial charge in [0.15, 0.2) is 5.17 Å². The van der Waals surface area contributed by atoms with Gasteiger partial charge < -0.3 is 19.7 Å². The Labute approximate surface area is 195 Å². The van der Waals surface area contributed by atoms with Gasteiger partial charge in [0.25, 0.3) is 0 Å². The van der Waals surface area contributed by atoms with Crippen LogP contribution in [0, 0.1) is 5.82 Å². The van der Waals surface area contributed by atoms with Crippen molar-refractivity contribution in [1.82, 2.24) is 4.90 Å². The van der Waals surface area contributed by atoms with E-state index in [-0.39, 0.29) is 12.3 Å². The molecule has 0 fully saturated rings. The number of nitrogens with one attached hydrogen (secondary N) is 1. The Morgan fingerprint density at radius 3 is 2.70 bits per heavy atom. The number of allylic oxidation sites excluding steroid dienone is 1. The van der Waals surface area contributed by atoms with Crippen molar-refractivity contribution in [2.75, 3.05) is 19.5 Å². The predicted molar refractivity (Wildman–Crippen MR) is 125 cm³/mol. The predicted octanol–water partition coefficient (Wildman–Crippen LogP) is 4.61. The van der Waals surface area contributed by atoms with Crippen LogP contribution in [0.5, 0.6) is 5.75 Å². The molecule has 2 aliphatic heterocycles. The van der Waals surface area contributed by atoms with E-state index < -0.39 is 17.8 Å². The van der Waals surface area contributed by atoms with Crippen molar-refractivity contribution in [1.29, 1.82) is 0 Å². The number of hydrogen-bond acceptors (Lipinski definition) is 7. The van der Waals surface area contributed by atoms with Crippen molar-refractivity contribution in [2.45, 2.75) is 19.4 Å². The number of anilines is 1. The summed E-state index contributed by atoms with van der Waals surface area (Å²) in [6.07, 6.45) is 0.0303. The number of methoxy groups -OCH3 is 2. The summed E-state index contributed by atoms with van der Waals surface area (Å²) in [6.45, 7) is 1.72. The summed E-state index contributed by atoms with van der Waals surface area (Å²) in [6, 6.07) is 12.4. The van der Waals surface area contributed by atoms with Crippen LogP contribution < -0.4 is 10.1 Å². The Morgan fingerprint density at radius 1 is 1.18 bits per heavy atom. The number of carbonyl (C=O) groups is 2. The van der Waals surface area contributed by atoms with Crippen LogP contribution >= 0.6 is 11.8 Å². The summed E-state index contributed by atoms with van der Waals surface area (Å²) in [5.41, 5.74) is 2.59. The largest absolute Gasteiger partial charge is 0.497 e. The molecule has 0 radical (unpaired) electrons. The highest BCUT2D eigenvalue weighted by Crippen LogP contribution is 2.44. The summed E-state index contributed by atoms with van der Waals surface area (Å²) < 4.78 is 24.3. The van der Waals surface area contributed by atoms with E-state index in [1.165, 1.54) is 31.0 Å². The van der Waals surface area contributed by atoms with E-state index in [2.05, 4.69) is 10.3 Å².